The zero-order chi connectivity index (χ0) is 14.0. The molecule has 0 radical (unpaired) electrons. The normalized spacial score (nSPS) is 24.9. The molecule has 2 aliphatic carbocycles. The molecule has 1 saturated carbocycles. The number of likely N-dealkylation sites (N-methyl/N-ethyl adjacent to an activating group) is 1. The average Bonchev–Trinajstić information content (AvgIpc) is 2.95. The third-order valence-corrected chi connectivity index (χ3v) is 5.53. The molecule has 1 aromatic carbocycles. The number of fused-ring (bicyclic) bond motifs is 1. The van der Waals surface area contributed by atoms with Crippen LogP contribution in [0.1, 0.15) is 55.7 Å². The Bertz CT molecular complexity index is 446. The van der Waals surface area contributed by atoms with E-state index in [0.29, 0.717) is 11.6 Å². The maximum atomic E-state index is 3.90. The largest absolute Gasteiger partial charge is 0.308 e. The summed E-state index contributed by atoms with van der Waals surface area (Å²) in [6, 6.07) is 9.57. The summed E-state index contributed by atoms with van der Waals surface area (Å²) in [6.45, 7) is 1.14. The van der Waals surface area contributed by atoms with Crippen molar-refractivity contribution in [2.24, 2.45) is 0 Å². The van der Waals surface area contributed by atoms with Crippen LogP contribution in [0.5, 0.6) is 0 Å². The van der Waals surface area contributed by atoms with Crippen LogP contribution >= 0.6 is 0 Å². The van der Waals surface area contributed by atoms with Crippen LogP contribution in [0.25, 0.3) is 0 Å². The maximum absolute atomic E-state index is 3.90. The number of aryl methyl sites for hydroxylation is 1. The van der Waals surface area contributed by atoms with Crippen molar-refractivity contribution < 1.29 is 0 Å². The molecule has 1 fully saturated rings. The molecule has 0 amide bonds. The molecule has 3 rings (SSSR count). The molecule has 20 heavy (non-hydrogen) atoms. The van der Waals surface area contributed by atoms with Gasteiger partial charge >= 0.3 is 0 Å². The van der Waals surface area contributed by atoms with Gasteiger partial charge in [0.2, 0.25) is 0 Å². The lowest BCUT2D eigenvalue weighted by Gasteiger charge is -2.39. The topological polar surface area (TPSA) is 15.3 Å². The van der Waals surface area contributed by atoms with E-state index in [0.717, 1.165) is 6.54 Å². The van der Waals surface area contributed by atoms with E-state index in [1.165, 1.54) is 44.9 Å². The number of rotatable bonds is 4. The molecule has 1 aromatic rings. The molecule has 0 aliphatic heterocycles. The first kappa shape index (κ1) is 14.1. The molecule has 0 saturated heterocycles. The molecule has 1 atom stereocenters. The van der Waals surface area contributed by atoms with Gasteiger partial charge < -0.3 is 10.2 Å². The van der Waals surface area contributed by atoms with Crippen molar-refractivity contribution in [2.75, 3.05) is 20.6 Å². The van der Waals surface area contributed by atoms with Gasteiger partial charge in [0, 0.05) is 18.1 Å². The number of benzene rings is 1. The molecule has 0 aromatic heterocycles. The second kappa shape index (κ2) is 5.87. The Labute approximate surface area is 123 Å². The Kier molecular flexibility index (Phi) is 4.13. The van der Waals surface area contributed by atoms with Crippen LogP contribution in [0.4, 0.5) is 0 Å². The van der Waals surface area contributed by atoms with Crippen LogP contribution < -0.4 is 5.32 Å². The molecule has 2 aliphatic rings. The fraction of sp³-hybridized carbons (Fsp3) is 0.667. The van der Waals surface area contributed by atoms with Gasteiger partial charge in [-0.3, -0.25) is 0 Å². The summed E-state index contributed by atoms with van der Waals surface area (Å²) in [7, 11) is 4.50. The second-order valence-electron chi connectivity index (χ2n) is 6.85. The zero-order valence-electron chi connectivity index (χ0n) is 13.0. The first-order valence-electron chi connectivity index (χ1n) is 8.20. The van der Waals surface area contributed by atoms with E-state index in [2.05, 4.69) is 48.6 Å². The van der Waals surface area contributed by atoms with Gasteiger partial charge in [-0.1, -0.05) is 37.1 Å². The molecular formula is C18H28N2. The Morgan fingerprint density at radius 2 is 1.90 bits per heavy atom. The molecule has 1 unspecified atom stereocenters. The van der Waals surface area contributed by atoms with Crippen molar-refractivity contribution in [1.82, 2.24) is 10.2 Å². The summed E-state index contributed by atoms with van der Waals surface area (Å²) in [5, 5.41) is 3.90. The van der Waals surface area contributed by atoms with E-state index < -0.39 is 0 Å². The second-order valence-corrected chi connectivity index (χ2v) is 6.85. The Hall–Kier alpha value is -0.860. The van der Waals surface area contributed by atoms with E-state index in [4.69, 9.17) is 0 Å². The first-order valence-corrected chi connectivity index (χ1v) is 8.20. The quantitative estimate of drug-likeness (QED) is 0.902. The minimum atomic E-state index is 0.395. The fourth-order valence-corrected chi connectivity index (χ4v) is 4.09. The van der Waals surface area contributed by atoms with Gasteiger partial charge in [0.25, 0.3) is 0 Å². The lowest BCUT2D eigenvalue weighted by molar-refractivity contribution is 0.147. The van der Waals surface area contributed by atoms with Gasteiger partial charge in [-0.2, -0.15) is 0 Å². The maximum Gasteiger partial charge on any atom is 0.0328 e. The Morgan fingerprint density at radius 3 is 2.65 bits per heavy atom. The van der Waals surface area contributed by atoms with Crippen molar-refractivity contribution >= 4 is 0 Å². The Balaban J connectivity index is 1.70. The van der Waals surface area contributed by atoms with E-state index >= 15 is 0 Å². The third kappa shape index (κ3) is 2.64. The lowest BCUT2D eigenvalue weighted by atomic mass is 9.86. The van der Waals surface area contributed by atoms with E-state index in [1.54, 1.807) is 11.1 Å². The van der Waals surface area contributed by atoms with Gasteiger partial charge in [0.05, 0.1) is 0 Å². The number of nitrogens with one attached hydrogen (secondary N) is 1. The third-order valence-electron chi connectivity index (χ3n) is 5.53. The van der Waals surface area contributed by atoms with Crippen LogP contribution in [0.2, 0.25) is 0 Å². The van der Waals surface area contributed by atoms with Crippen molar-refractivity contribution in [3.63, 3.8) is 0 Å². The summed E-state index contributed by atoms with van der Waals surface area (Å²) in [4.78, 5) is 2.46. The van der Waals surface area contributed by atoms with Gasteiger partial charge in [-0.05, 0) is 57.3 Å². The Morgan fingerprint density at radius 1 is 1.15 bits per heavy atom. The van der Waals surface area contributed by atoms with Crippen LogP contribution in [0, 0.1) is 0 Å². The minimum absolute atomic E-state index is 0.395. The first-order chi connectivity index (χ1) is 9.71. The molecule has 2 heteroatoms. The highest BCUT2D eigenvalue weighted by Gasteiger charge is 2.36. The summed E-state index contributed by atoms with van der Waals surface area (Å²) in [5.41, 5.74) is 3.50. The van der Waals surface area contributed by atoms with E-state index in [-0.39, 0.29) is 0 Å². The highest BCUT2D eigenvalue weighted by atomic mass is 15.2. The van der Waals surface area contributed by atoms with E-state index in [9.17, 15) is 0 Å². The minimum Gasteiger partial charge on any atom is -0.308 e. The van der Waals surface area contributed by atoms with Crippen molar-refractivity contribution in [1.29, 1.82) is 0 Å². The van der Waals surface area contributed by atoms with E-state index in [1.807, 2.05) is 0 Å². The lowest BCUT2D eigenvalue weighted by Crippen LogP contribution is -2.50. The monoisotopic (exact) mass is 272 g/mol. The highest BCUT2D eigenvalue weighted by Crippen LogP contribution is 2.35. The summed E-state index contributed by atoms with van der Waals surface area (Å²) >= 11 is 0. The van der Waals surface area contributed by atoms with Crippen LogP contribution in [0.3, 0.4) is 0 Å². The molecule has 0 heterocycles. The van der Waals surface area contributed by atoms with Crippen LogP contribution in [-0.2, 0) is 6.42 Å². The van der Waals surface area contributed by atoms with Crippen molar-refractivity contribution in [3.8, 4) is 0 Å². The summed E-state index contributed by atoms with van der Waals surface area (Å²) in [5.74, 6) is 0. The van der Waals surface area contributed by atoms with Crippen molar-refractivity contribution in [3.05, 3.63) is 35.4 Å². The molecular weight excluding hydrogens is 244 g/mol. The molecule has 0 bridgehead atoms. The number of nitrogens with zero attached hydrogens (tertiary/aromatic N) is 1. The molecule has 110 valence electrons. The smallest absolute Gasteiger partial charge is 0.0328 e. The molecule has 1 N–H and O–H groups in total. The highest BCUT2D eigenvalue weighted by molar-refractivity contribution is 5.32. The van der Waals surface area contributed by atoms with Gasteiger partial charge in [-0.25, -0.2) is 0 Å². The fourth-order valence-electron chi connectivity index (χ4n) is 4.09. The van der Waals surface area contributed by atoms with Gasteiger partial charge in [-0.15, -0.1) is 0 Å². The SMILES string of the molecule is CN(C)C1(CNC2CCCc3ccccc32)CCCC1. The van der Waals surface area contributed by atoms with Crippen LogP contribution in [-0.4, -0.2) is 31.1 Å². The summed E-state index contributed by atoms with van der Waals surface area (Å²) < 4.78 is 0. The van der Waals surface area contributed by atoms with Crippen molar-refractivity contribution in [2.45, 2.75) is 56.5 Å². The van der Waals surface area contributed by atoms with Crippen LogP contribution in [0.15, 0.2) is 24.3 Å². The standard InChI is InChI=1S/C18H28N2/c1-20(2)18(12-5-6-13-18)14-19-17-11-7-9-15-8-3-4-10-16(15)17/h3-4,8,10,17,19H,5-7,9,11-14H2,1-2H3. The number of hydrogen-bond acceptors (Lipinski definition) is 2. The predicted molar refractivity (Wildman–Crippen MR) is 85.0 cm³/mol. The zero-order valence-corrected chi connectivity index (χ0v) is 13.0. The number of hydrogen-bond donors (Lipinski definition) is 1. The van der Waals surface area contributed by atoms with Gasteiger partial charge in [0.15, 0.2) is 0 Å². The average molecular weight is 272 g/mol. The predicted octanol–water partition coefficient (Wildman–Crippen LogP) is 3.53. The molecule has 0 spiro atoms. The molecule has 2 nitrogen and oxygen atoms in total. The summed E-state index contributed by atoms with van der Waals surface area (Å²) in [6.07, 6.45) is 9.35. The van der Waals surface area contributed by atoms with Gasteiger partial charge in [0.1, 0.15) is 0 Å².